The van der Waals surface area contributed by atoms with Crippen LogP contribution in [0.1, 0.15) is 46.0 Å². The largest absolute Gasteiger partial charge is 0.624 e. The van der Waals surface area contributed by atoms with Gasteiger partial charge in [0.1, 0.15) is 0 Å². The van der Waals surface area contributed by atoms with E-state index in [0.717, 1.165) is 4.74 Å². The number of hydrogen-bond acceptors (Lipinski definition) is 1. The lowest BCUT2D eigenvalue weighted by Gasteiger charge is -2.17. The summed E-state index contributed by atoms with van der Waals surface area (Å²) in [5, 5.41) is 11.4. The van der Waals surface area contributed by atoms with Gasteiger partial charge in [0, 0.05) is 11.8 Å². The van der Waals surface area contributed by atoms with Gasteiger partial charge in [0.15, 0.2) is 12.8 Å². The maximum atomic E-state index is 11.4. The zero-order valence-electron chi connectivity index (χ0n) is 8.83. The third-order valence-corrected chi connectivity index (χ3v) is 2.57. The standard InChI is InChI=1S/C11H21NO/c1-10(2)8-12(13)9-11-6-4-3-5-7-11/h9-11H,3-8H2,1-2H3. The minimum atomic E-state index is 0.470. The molecule has 0 unspecified atom stereocenters. The van der Waals surface area contributed by atoms with Crippen molar-refractivity contribution in [3.63, 3.8) is 0 Å². The molecule has 1 aliphatic rings. The van der Waals surface area contributed by atoms with Crippen LogP contribution in [0.25, 0.3) is 0 Å². The summed E-state index contributed by atoms with van der Waals surface area (Å²) in [4.78, 5) is 0. The summed E-state index contributed by atoms with van der Waals surface area (Å²) in [6, 6.07) is 0. The highest BCUT2D eigenvalue weighted by atomic mass is 16.5. The normalized spacial score (nSPS) is 21.0. The average molecular weight is 183 g/mol. The van der Waals surface area contributed by atoms with E-state index in [1.54, 1.807) is 0 Å². The Morgan fingerprint density at radius 1 is 1.31 bits per heavy atom. The molecule has 76 valence electrons. The number of rotatable bonds is 3. The average Bonchev–Trinajstić information content (AvgIpc) is 2.04. The van der Waals surface area contributed by atoms with Gasteiger partial charge in [-0.1, -0.05) is 33.1 Å². The lowest BCUT2D eigenvalue weighted by molar-refractivity contribution is -0.462. The minimum absolute atomic E-state index is 0.470. The van der Waals surface area contributed by atoms with Crippen molar-refractivity contribution >= 4 is 6.21 Å². The van der Waals surface area contributed by atoms with E-state index in [1.807, 2.05) is 6.21 Å². The third-order valence-electron chi connectivity index (χ3n) is 2.57. The van der Waals surface area contributed by atoms with Crippen LogP contribution in [0.5, 0.6) is 0 Å². The van der Waals surface area contributed by atoms with E-state index >= 15 is 0 Å². The SMILES string of the molecule is CC(C)C[N+]([O-])=CC1CCCCC1. The molecule has 2 heteroatoms. The summed E-state index contributed by atoms with van der Waals surface area (Å²) in [6.45, 7) is 4.82. The Bertz CT molecular complexity index is 169. The Morgan fingerprint density at radius 3 is 2.46 bits per heavy atom. The Kier molecular flexibility index (Phi) is 4.26. The molecule has 13 heavy (non-hydrogen) atoms. The van der Waals surface area contributed by atoms with Crippen LogP contribution in [-0.4, -0.2) is 17.5 Å². The summed E-state index contributed by atoms with van der Waals surface area (Å²) >= 11 is 0. The van der Waals surface area contributed by atoms with Crippen LogP contribution >= 0.6 is 0 Å². The first kappa shape index (κ1) is 10.6. The van der Waals surface area contributed by atoms with Crippen molar-refractivity contribution in [2.75, 3.05) is 6.54 Å². The fourth-order valence-corrected chi connectivity index (χ4v) is 1.94. The molecule has 0 heterocycles. The van der Waals surface area contributed by atoms with E-state index in [2.05, 4.69) is 13.8 Å². The molecule has 0 amide bonds. The van der Waals surface area contributed by atoms with Crippen LogP contribution in [0.4, 0.5) is 0 Å². The van der Waals surface area contributed by atoms with Crippen molar-refractivity contribution < 1.29 is 4.74 Å². The first-order valence-electron chi connectivity index (χ1n) is 5.47. The minimum Gasteiger partial charge on any atom is -0.624 e. The van der Waals surface area contributed by atoms with Gasteiger partial charge < -0.3 is 5.21 Å². The van der Waals surface area contributed by atoms with Crippen molar-refractivity contribution in [3.8, 4) is 0 Å². The molecule has 0 bridgehead atoms. The summed E-state index contributed by atoms with van der Waals surface area (Å²) in [6.07, 6.45) is 8.30. The van der Waals surface area contributed by atoms with E-state index in [4.69, 9.17) is 0 Å². The highest BCUT2D eigenvalue weighted by Gasteiger charge is 2.14. The van der Waals surface area contributed by atoms with Crippen LogP contribution in [-0.2, 0) is 0 Å². The van der Waals surface area contributed by atoms with Gasteiger partial charge in [0.2, 0.25) is 0 Å². The van der Waals surface area contributed by atoms with Gasteiger partial charge in [-0.05, 0) is 12.8 Å². The van der Waals surface area contributed by atoms with Crippen molar-refractivity contribution in [2.45, 2.75) is 46.0 Å². The van der Waals surface area contributed by atoms with E-state index in [1.165, 1.54) is 32.1 Å². The van der Waals surface area contributed by atoms with Gasteiger partial charge in [-0.15, -0.1) is 0 Å². The summed E-state index contributed by atoms with van der Waals surface area (Å²) in [5.74, 6) is 1.03. The quantitative estimate of drug-likeness (QED) is 0.286. The molecule has 0 aliphatic heterocycles. The number of hydrogen-bond donors (Lipinski definition) is 0. The molecule has 0 saturated heterocycles. The van der Waals surface area contributed by atoms with Gasteiger partial charge in [0.25, 0.3) is 0 Å². The maximum Gasteiger partial charge on any atom is 0.155 e. The molecular weight excluding hydrogens is 162 g/mol. The molecular formula is C11H21NO. The number of hydroxylamine groups is 1. The lowest BCUT2D eigenvalue weighted by atomic mass is 9.90. The second kappa shape index (κ2) is 5.25. The molecule has 2 nitrogen and oxygen atoms in total. The highest BCUT2D eigenvalue weighted by molar-refractivity contribution is 5.55. The van der Waals surface area contributed by atoms with E-state index in [-0.39, 0.29) is 0 Å². The first-order valence-corrected chi connectivity index (χ1v) is 5.47. The van der Waals surface area contributed by atoms with Crippen LogP contribution in [0, 0.1) is 17.0 Å². The fourth-order valence-electron chi connectivity index (χ4n) is 1.94. The fraction of sp³-hybridized carbons (Fsp3) is 0.909. The zero-order chi connectivity index (χ0) is 9.68. The smallest absolute Gasteiger partial charge is 0.155 e. The van der Waals surface area contributed by atoms with E-state index in [9.17, 15) is 5.21 Å². The third kappa shape index (κ3) is 4.30. The molecule has 0 aromatic carbocycles. The molecule has 0 aromatic heterocycles. The molecule has 0 N–H and O–H groups in total. The predicted molar refractivity (Wildman–Crippen MR) is 56.0 cm³/mol. The maximum absolute atomic E-state index is 11.4. The topological polar surface area (TPSA) is 26.1 Å². The lowest BCUT2D eigenvalue weighted by Crippen LogP contribution is -2.18. The molecule has 0 radical (unpaired) electrons. The van der Waals surface area contributed by atoms with Gasteiger partial charge in [-0.3, -0.25) is 0 Å². The molecule has 0 spiro atoms. The van der Waals surface area contributed by atoms with E-state index < -0.39 is 0 Å². The molecule has 1 fully saturated rings. The van der Waals surface area contributed by atoms with Crippen LogP contribution in [0.3, 0.4) is 0 Å². The van der Waals surface area contributed by atoms with Gasteiger partial charge in [-0.2, -0.15) is 0 Å². The monoisotopic (exact) mass is 183 g/mol. The van der Waals surface area contributed by atoms with Crippen molar-refractivity contribution in [1.82, 2.24) is 0 Å². The Balaban J connectivity index is 2.34. The van der Waals surface area contributed by atoms with Gasteiger partial charge >= 0.3 is 0 Å². The predicted octanol–water partition coefficient (Wildman–Crippen LogP) is 2.80. The molecule has 0 atom stereocenters. The molecule has 0 aromatic rings. The van der Waals surface area contributed by atoms with Crippen LogP contribution in [0.2, 0.25) is 0 Å². The van der Waals surface area contributed by atoms with Gasteiger partial charge in [-0.25, -0.2) is 4.74 Å². The molecule has 1 aliphatic carbocycles. The second-order valence-electron chi connectivity index (χ2n) is 4.54. The summed E-state index contributed by atoms with van der Waals surface area (Å²) < 4.78 is 1.14. The van der Waals surface area contributed by atoms with E-state index in [0.29, 0.717) is 18.4 Å². The zero-order valence-corrected chi connectivity index (χ0v) is 8.83. The molecule has 1 rings (SSSR count). The summed E-state index contributed by atoms with van der Waals surface area (Å²) in [7, 11) is 0. The van der Waals surface area contributed by atoms with Gasteiger partial charge in [0.05, 0.1) is 0 Å². The van der Waals surface area contributed by atoms with Crippen LogP contribution < -0.4 is 0 Å². The van der Waals surface area contributed by atoms with Crippen molar-refractivity contribution in [1.29, 1.82) is 0 Å². The summed E-state index contributed by atoms with van der Waals surface area (Å²) in [5.41, 5.74) is 0. The Hall–Kier alpha value is -0.530. The number of nitrogens with zero attached hydrogens (tertiary/aromatic N) is 1. The van der Waals surface area contributed by atoms with Crippen LogP contribution in [0.15, 0.2) is 0 Å². The Morgan fingerprint density at radius 2 is 1.92 bits per heavy atom. The molecule has 1 saturated carbocycles. The van der Waals surface area contributed by atoms with Crippen molar-refractivity contribution in [3.05, 3.63) is 5.21 Å². The van der Waals surface area contributed by atoms with Crippen molar-refractivity contribution in [2.24, 2.45) is 11.8 Å². The second-order valence-corrected chi connectivity index (χ2v) is 4.54. The first-order chi connectivity index (χ1) is 6.18. The highest BCUT2D eigenvalue weighted by Crippen LogP contribution is 2.21. The Labute approximate surface area is 81.2 Å².